The molecule has 0 heterocycles. The molecule has 0 amide bonds. The first kappa shape index (κ1) is 13.5. The van der Waals surface area contributed by atoms with Crippen LogP contribution in [0.3, 0.4) is 0 Å². The summed E-state index contributed by atoms with van der Waals surface area (Å²) in [4.78, 5) is 0. The van der Waals surface area contributed by atoms with Gasteiger partial charge in [0, 0.05) is 11.1 Å². The smallest absolute Gasteiger partial charge is 0.0456 e. The Bertz CT molecular complexity index is 358. The molecule has 90 valence electrons. The van der Waals surface area contributed by atoms with Crippen molar-refractivity contribution in [2.45, 2.75) is 46.6 Å². The number of rotatable bonds is 4. The summed E-state index contributed by atoms with van der Waals surface area (Å²) < 4.78 is 0. The van der Waals surface area contributed by atoms with Gasteiger partial charge in [-0.05, 0) is 55.4 Å². The monoisotopic (exact) mass is 239 g/mol. The summed E-state index contributed by atoms with van der Waals surface area (Å²) >= 11 is 6.23. The zero-order valence-electron chi connectivity index (χ0n) is 10.7. The molecular formula is C14H22ClN. The first-order chi connectivity index (χ1) is 7.41. The Morgan fingerprint density at radius 3 is 2.25 bits per heavy atom. The summed E-state index contributed by atoms with van der Waals surface area (Å²) in [6.07, 6.45) is 2.14. The molecule has 0 aliphatic rings. The maximum Gasteiger partial charge on any atom is 0.0456 e. The van der Waals surface area contributed by atoms with Crippen molar-refractivity contribution in [1.29, 1.82) is 0 Å². The van der Waals surface area contributed by atoms with Crippen LogP contribution in [0.2, 0.25) is 5.02 Å². The Hall–Kier alpha value is -0.530. The van der Waals surface area contributed by atoms with Crippen molar-refractivity contribution >= 4 is 11.6 Å². The summed E-state index contributed by atoms with van der Waals surface area (Å²) in [5.41, 5.74) is 9.76. The van der Waals surface area contributed by atoms with Crippen molar-refractivity contribution in [2.75, 3.05) is 0 Å². The van der Waals surface area contributed by atoms with E-state index < -0.39 is 0 Å². The minimum Gasteiger partial charge on any atom is -0.324 e. The molecule has 0 saturated carbocycles. The Kier molecular flexibility index (Phi) is 4.82. The third kappa shape index (κ3) is 3.50. The van der Waals surface area contributed by atoms with Crippen molar-refractivity contribution in [3.8, 4) is 0 Å². The second-order valence-corrected chi connectivity index (χ2v) is 5.44. The summed E-state index contributed by atoms with van der Waals surface area (Å²) in [7, 11) is 0. The third-order valence-electron chi connectivity index (χ3n) is 3.07. The van der Waals surface area contributed by atoms with E-state index in [1.165, 1.54) is 11.1 Å². The van der Waals surface area contributed by atoms with Gasteiger partial charge in [-0.1, -0.05) is 31.5 Å². The maximum absolute atomic E-state index is 6.23. The van der Waals surface area contributed by atoms with E-state index in [-0.39, 0.29) is 6.04 Å². The van der Waals surface area contributed by atoms with E-state index in [2.05, 4.69) is 33.8 Å². The number of hydrogen-bond acceptors (Lipinski definition) is 1. The summed E-state index contributed by atoms with van der Waals surface area (Å²) in [5.74, 6) is 0.691. The fraction of sp³-hybridized carbons (Fsp3) is 0.571. The molecule has 1 aromatic carbocycles. The van der Waals surface area contributed by atoms with Gasteiger partial charge in [-0.25, -0.2) is 0 Å². The van der Waals surface area contributed by atoms with Gasteiger partial charge in [0.15, 0.2) is 0 Å². The zero-order chi connectivity index (χ0) is 12.3. The number of hydrogen-bond donors (Lipinski definition) is 1. The quantitative estimate of drug-likeness (QED) is 0.829. The van der Waals surface area contributed by atoms with E-state index in [0.29, 0.717) is 5.92 Å². The van der Waals surface area contributed by atoms with Gasteiger partial charge in [-0.15, -0.1) is 0 Å². The van der Waals surface area contributed by atoms with Gasteiger partial charge in [0.2, 0.25) is 0 Å². The van der Waals surface area contributed by atoms with Crippen LogP contribution < -0.4 is 5.73 Å². The Labute approximate surface area is 104 Å². The number of benzene rings is 1. The lowest BCUT2D eigenvalue weighted by atomic mass is 9.96. The lowest BCUT2D eigenvalue weighted by Gasteiger charge is -2.16. The van der Waals surface area contributed by atoms with Gasteiger partial charge in [0.05, 0.1) is 0 Å². The largest absolute Gasteiger partial charge is 0.324 e. The van der Waals surface area contributed by atoms with Crippen molar-refractivity contribution in [3.05, 3.63) is 33.8 Å². The van der Waals surface area contributed by atoms with Crippen molar-refractivity contribution in [1.82, 2.24) is 0 Å². The lowest BCUT2D eigenvalue weighted by molar-refractivity contribution is 0.507. The van der Waals surface area contributed by atoms with Gasteiger partial charge in [-0.3, -0.25) is 0 Å². The molecule has 16 heavy (non-hydrogen) atoms. The van der Waals surface area contributed by atoms with E-state index in [0.717, 1.165) is 23.4 Å². The Morgan fingerprint density at radius 2 is 1.69 bits per heavy atom. The molecule has 1 unspecified atom stereocenters. The van der Waals surface area contributed by atoms with Crippen LogP contribution in [0, 0.1) is 19.8 Å². The van der Waals surface area contributed by atoms with Crippen LogP contribution >= 0.6 is 11.6 Å². The van der Waals surface area contributed by atoms with Crippen molar-refractivity contribution < 1.29 is 0 Å². The summed E-state index contributed by atoms with van der Waals surface area (Å²) in [5, 5.41) is 0.805. The molecule has 0 aliphatic carbocycles. The lowest BCUT2D eigenvalue weighted by Crippen LogP contribution is -2.12. The minimum absolute atomic E-state index is 0.0641. The second kappa shape index (κ2) is 5.70. The third-order valence-corrected chi connectivity index (χ3v) is 3.39. The fourth-order valence-corrected chi connectivity index (χ4v) is 2.11. The van der Waals surface area contributed by atoms with Crippen molar-refractivity contribution in [3.63, 3.8) is 0 Å². The van der Waals surface area contributed by atoms with Gasteiger partial charge in [0.1, 0.15) is 0 Å². The van der Waals surface area contributed by atoms with Gasteiger partial charge in [-0.2, -0.15) is 0 Å². The molecule has 2 N–H and O–H groups in total. The average Bonchev–Trinajstić information content (AvgIpc) is 2.20. The Balaban J connectivity index is 2.82. The highest BCUT2D eigenvalue weighted by Crippen LogP contribution is 2.28. The topological polar surface area (TPSA) is 26.0 Å². The highest BCUT2D eigenvalue weighted by Gasteiger charge is 2.12. The van der Waals surface area contributed by atoms with Crippen molar-refractivity contribution in [2.24, 2.45) is 11.7 Å². The van der Waals surface area contributed by atoms with Crippen LogP contribution in [0.25, 0.3) is 0 Å². The van der Waals surface area contributed by atoms with E-state index >= 15 is 0 Å². The van der Waals surface area contributed by atoms with E-state index in [9.17, 15) is 0 Å². The average molecular weight is 240 g/mol. The normalized spacial score (nSPS) is 13.2. The molecule has 2 heteroatoms. The molecule has 0 aliphatic heterocycles. The van der Waals surface area contributed by atoms with Crippen LogP contribution in [0.1, 0.15) is 49.4 Å². The molecule has 0 aromatic heterocycles. The first-order valence-corrected chi connectivity index (χ1v) is 6.31. The van der Waals surface area contributed by atoms with Gasteiger partial charge < -0.3 is 5.73 Å². The predicted molar refractivity (Wildman–Crippen MR) is 71.9 cm³/mol. The SMILES string of the molecule is Cc1cc(Cl)c(C(N)CCC(C)C)cc1C. The molecular weight excluding hydrogens is 218 g/mol. The molecule has 0 radical (unpaired) electrons. The van der Waals surface area contributed by atoms with Gasteiger partial charge in [0.25, 0.3) is 0 Å². The fourth-order valence-electron chi connectivity index (χ4n) is 1.76. The minimum atomic E-state index is 0.0641. The Morgan fingerprint density at radius 1 is 1.12 bits per heavy atom. The van der Waals surface area contributed by atoms with E-state index in [1.807, 2.05) is 6.07 Å². The number of aryl methyl sites for hydroxylation is 2. The molecule has 1 rings (SSSR count). The van der Waals surface area contributed by atoms with Crippen LogP contribution in [0.15, 0.2) is 12.1 Å². The maximum atomic E-state index is 6.23. The zero-order valence-corrected chi connectivity index (χ0v) is 11.4. The predicted octanol–water partition coefficient (Wildman–Crippen LogP) is 4.39. The highest BCUT2D eigenvalue weighted by molar-refractivity contribution is 6.31. The standard InChI is InChI=1S/C14H22ClN/c1-9(2)5-6-14(16)12-7-10(3)11(4)8-13(12)15/h7-9,14H,5-6,16H2,1-4H3. The number of nitrogens with two attached hydrogens (primary N) is 1. The van der Waals surface area contributed by atoms with E-state index in [4.69, 9.17) is 17.3 Å². The van der Waals surface area contributed by atoms with E-state index in [1.54, 1.807) is 0 Å². The van der Waals surface area contributed by atoms with Gasteiger partial charge >= 0.3 is 0 Å². The highest BCUT2D eigenvalue weighted by atomic mass is 35.5. The molecule has 1 atom stereocenters. The molecule has 0 bridgehead atoms. The van der Waals surface area contributed by atoms with Crippen LogP contribution in [0.4, 0.5) is 0 Å². The molecule has 1 aromatic rings. The van der Waals surface area contributed by atoms with Crippen LogP contribution in [0.5, 0.6) is 0 Å². The molecule has 0 saturated heterocycles. The number of halogens is 1. The molecule has 0 spiro atoms. The second-order valence-electron chi connectivity index (χ2n) is 5.04. The van der Waals surface area contributed by atoms with Crippen LogP contribution in [-0.2, 0) is 0 Å². The van der Waals surface area contributed by atoms with Crippen LogP contribution in [-0.4, -0.2) is 0 Å². The molecule has 0 fully saturated rings. The summed E-state index contributed by atoms with van der Waals surface area (Å²) in [6.45, 7) is 8.61. The summed E-state index contributed by atoms with van der Waals surface area (Å²) in [6, 6.07) is 4.21. The molecule has 1 nitrogen and oxygen atoms in total. The first-order valence-electron chi connectivity index (χ1n) is 5.94.